The fourth-order valence-corrected chi connectivity index (χ4v) is 5.62. The zero-order chi connectivity index (χ0) is 19.7. The van der Waals surface area contributed by atoms with Gasteiger partial charge in [0.25, 0.3) is 0 Å². The summed E-state index contributed by atoms with van der Waals surface area (Å²) in [5, 5.41) is 1.56. The minimum absolute atomic E-state index is 0.0636. The van der Waals surface area contributed by atoms with Gasteiger partial charge < -0.3 is 0 Å². The molecule has 0 saturated carbocycles. The minimum Gasteiger partial charge on any atom is -0.0991 e. The minimum atomic E-state index is -0.175. The van der Waals surface area contributed by atoms with E-state index in [2.05, 4.69) is 59.4 Å². The molecule has 0 bridgehead atoms. The van der Waals surface area contributed by atoms with Crippen molar-refractivity contribution in [3.63, 3.8) is 0 Å². The van der Waals surface area contributed by atoms with Crippen molar-refractivity contribution in [2.24, 2.45) is 0 Å². The normalized spacial score (nSPS) is 18.6. The summed E-state index contributed by atoms with van der Waals surface area (Å²) < 4.78 is 0. The maximum Gasteiger partial charge on any atom is 0.0488 e. The Morgan fingerprint density at radius 3 is 2.15 bits per heavy atom. The molecule has 0 heterocycles. The van der Waals surface area contributed by atoms with Crippen molar-refractivity contribution in [3.8, 4) is 11.1 Å². The van der Waals surface area contributed by atoms with E-state index in [4.69, 9.17) is 23.2 Å². The summed E-state index contributed by atoms with van der Waals surface area (Å²) in [7, 11) is 0. The van der Waals surface area contributed by atoms with Crippen LogP contribution in [0.25, 0.3) is 16.7 Å². The van der Waals surface area contributed by atoms with Gasteiger partial charge in [-0.05, 0) is 70.2 Å². The molecule has 2 aromatic rings. The molecule has 0 spiro atoms. The summed E-state index contributed by atoms with van der Waals surface area (Å²) in [6.07, 6.45) is 6.05. The van der Waals surface area contributed by atoms with Crippen LogP contribution in [0.3, 0.4) is 0 Å². The van der Waals surface area contributed by atoms with Crippen LogP contribution < -0.4 is 0 Å². The number of fused-ring (bicyclic) bond motifs is 4. The molecule has 0 nitrogen and oxygen atoms in total. The van der Waals surface area contributed by atoms with Crippen molar-refractivity contribution in [2.75, 3.05) is 0 Å². The number of allylic oxidation sites excluding steroid dienone is 5. The van der Waals surface area contributed by atoms with Crippen LogP contribution >= 0.6 is 23.2 Å². The third-order valence-electron chi connectivity index (χ3n) is 6.38. The Morgan fingerprint density at radius 2 is 1.48 bits per heavy atom. The molecule has 0 amide bonds. The largest absolute Gasteiger partial charge is 0.0991 e. The molecule has 0 atom stereocenters. The first kappa shape index (κ1) is 18.6. The van der Waals surface area contributed by atoms with E-state index in [0.29, 0.717) is 0 Å². The van der Waals surface area contributed by atoms with E-state index in [1.807, 2.05) is 24.3 Å². The molecule has 27 heavy (non-hydrogen) atoms. The van der Waals surface area contributed by atoms with Gasteiger partial charge in [-0.25, -0.2) is 0 Å². The summed E-state index contributed by atoms with van der Waals surface area (Å²) in [5.74, 6) is 0. The highest BCUT2D eigenvalue weighted by atomic mass is 35.5. The van der Waals surface area contributed by atoms with Crippen molar-refractivity contribution in [1.29, 1.82) is 0 Å². The second kappa shape index (κ2) is 5.87. The Labute approximate surface area is 172 Å². The van der Waals surface area contributed by atoms with Crippen molar-refractivity contribution < 1.29 is 0 Å². The zero-order valence-corrected chi connectivity index (χ0v) is 18.0. The Kier molecular flexibility index (Phi) is 4.04. The molecule has 2 aromatic carbocycles. The summed E-state index contributed by atoms with van der Waals surface area (Å²) in [6, 6.07) is 8.53. The van der Waals surface area contributed by atoms with Crippen molar-refractivity contribution in [3.05, 3.63) is 86.9 Å². The van der Waals surface area contributed by atoms with Crippen molar-refractivity contribution >= 4 is 28.8 Å². The van der Waals surface area contributed by atoms with Gasteiger partial charge in [0, 0.05) is 26.4 Å². The second-order valence-electron chi connectivity index (χ2n) is 8.61. The van der Waals surface area contributed by atoms with Crippen LogP contribution in [0.5, 0.6) is 0 Å². The predicted octanol–water partition coefficient (Wildman–Crippen LogP) is 8.11. The Balaban J connectivity index is 2.04. The summed E-state index contributed by atoms with van der Waals surface area (Å²) in [4.78, 5) is 0. The van der Waals surface area contributed by atoms with Crippen LogP contribution in [-0.2, 0) is 10.8 Å². The summed E-state index contributed by atoms with van der Waals surface area (Å²) >= 11 is 13.3. The number of benzene rings is 2. The fourth-order valence-electron chi connectivity index (χ4n) is 4.97. The predicted molar refractivity (Wildman–Crippen MR) is 119 cm³/mol. The molecular formula is C25H24Cl2. The fraction of sp³-hybridized carbons (Fsp3) is 0.280. The van der Waals surface area contributed by atoms with Gasteiger partial charge in [0.1, 0.15) is 0 Å². The summed E-state index contributed by atoms with van der Waals surface area (Å²) in [5.41, 5.74) is 9.87. The molecule has 138 valence electrons. The Hall–Kier alpha value is -1.76. The highest BCUT2D eigenvalue weighted by molar-refractivity contribution is 6.36. The lowest BCUT2D eigenvalue weighted by atomic mass is 9.78. The van der Waals surface area contributed by atoms with Gasteiger partial charge in [0.15, 0.2) is 0 Å². The first-order valence-electron chi connectivity index (χ1n) is 9.31. The standard InChI is InChI=1S/C25H24Cl2/c1-7-8-9-17-14(2)15-12-19-16(13-18(15)24(17,3)4)22-20(26)10-11-21(27)23(22)25(19,5)6/h7-13H,1H2,2-6H3/b9-8-. The van der Waals surface area contributed by atoms with Gasteiger partial charge in [0.05, 0.1) is 0 Å². The molecule has 0 aromatic heterocycles. The molecule has 4 rings (SSSR count). The van der Waals surface area contributed by atoms with Crippen LogP contribution in [0.4, 0.5) is 0 Å². The molecule has 0 saturated heterocycles. The van der Waals surface area contributed by atoms with Gasteiger partial charge in [-0.2, -0.15) is 0 Å². The Morgan fingerprint density at radius 1 is 0.889 bits per heavy atom. The third kappa shape index (κ3) is 2.36. The third-order valence-corrected chi connectivity index (χ3v) is 7.01. The van der Waals surface area contributed by atoms with Crippen LogP contribution in [0, 0.1) is 0 Å². The molecule has 0 N–H and O–H groups in total. The number of rotatable bonds is 2. The van der Waals surface area contributed by atoms with Crippen LogP contribution in [0.2, 0.25) is 10.0 Å². The van der Waals surface area contributed by atoms with Crippen LogP contribution in [-0.4, -0.2) is 0 Å². The first-order chi connectivity index (χ1) is 12.6. The number of hydrogen-bond acceptors (Lipinski definition) is 0. The molecule has 0 fully saturated rings. The van der Waals surface area contributed by atoms with E-state index >= 15 is 0 Å². The topological polar surface area (TPSA) is 0 Å². The maximum absolute atomic E-state index is 6.65. The Bertz CT molecular complexity index is 1060. The van der Waals surface area contributed by atoms with Gasteiger partial charge in [-0.3, -0.25) is 0 Å². The van der Waals surface area contributed by atoms with Crippen LogP contribution in [0.15, 0.2) is 54.6 Å². The maximum atomic E-state index is 6.65. The van der Waals surface area contributed by atoms with Gasteiger partial charge in [0.2, 0.25) is 0 Å². The van der Waals surface area contributed by atoms with Crippen LogP contribution in [0.1, 0.15) is 56.9 Å². The second-order valence-corrected chi connectivity index (χ2v) is 9.42. The molecule has 2 heteroatoms. The lowest BCUT2D eigenvalue weighted by Gasteiger charge is -2.25. The smallest absolute Gasteiger partial charge is 0.0488 e. The lowest BCUT2D eigenvalue weighted by molar-refractivity contribution is 0.647. The quantitative estimate of drug-likeness (QED) is 0.451. The molecule has 0 aliphatic heterocycles. The SMILES string of the molecule is C=C/C=C\C1=C(C)c2cc3c(cc2C1(C)C)-c1c(Cl)ccc(Cl)c1C3(C)C. The van der Waals surface area contributed by atoms with E-state index < -0.39 is 0 Å². The monoisotopic (exact) mass is 394 g/mol. The zero-order valence-electron chi connectivity index (χ0n) is 16.5. The average molecular weight is 395 g/mol. The van der Waals surface area contributed by atoms with Crippen molar-refractivity contribution in [2.45, 2.75) is 45.4 Å². The molecule has 0 radical (unpaired) electrons. The first-order valence-corrected chi connectivity index (χ1v) is 10.1. The lowest BCUT2D eigenvalue weighted by Crippen LogP contribution is -2.18. The average Bonchev–Trinajstić information content (AvgIpc) is 2.95. The number of hydrogen-bond donors (Lipinski definition) is 0. The van der Waals surface area contributed by atoms with E-state index in [1.54, 1.807) is 0 Å². The van der Waals surface area contributed by atoms with E-state index in [-0.39, 0.29) is 10.8 Å². The molecule has 0 unspecified atom stereocenters. The highest BCUT2D eigenvalue weighted by Crippen LogP contribution is 2.57. The summed E-state index contributed by atoms with van der Waals surface area (Å²) in [6.45, 7) is 15.1. The molecule has 2 aliphatic rings. The van der Waals surface area contributed by atoms with Gasteiger partial charge in [-0.15, -0.1) is 0 Å². The highest BCUT2D eigenvalue weighted by Gasteiger charge is 2.42. The van der Waals surface area contributed by atoms with Crippen molar-refractivity contribution in [1.82, 2.24) is 0 Å². The molecular weight excluding hydrogens is 371 g/mol. The van der Waals surface area contributed by atoms with Gasteiger partial charge in [-0.1, -0.05) is 75.7 Å². The van der Waals surface area contributed by atoms with E-state index in [1.165, 1.54) is 33.4 Å². The molecule has 2 aliphatic carbocycles. The van der Waals surface area contributed by atoms with E-state index in [9.17, 15) is 0 Å². The van der Waals surface area contributed by atoms with E-state index in [0.717, 1.165) is 21.2 Å². The van der Waals surface area contributed by atoms with Gasteiger partial charge >= 0.3 is 0 Å². The number of halogens is 2.